The monoisotopic (exact) mass is 298 g/mol. The number of para-hydroxylation sites is 1. The van der Waals surface area contributed by atoms with Crippen LogP contribution in [0.4, 0.5) is 5.69 Å². The number of piperazine rings is 1. The maximum absolute atomic E-state index is 12.5. The first-order chi connectivity index (χ1) is 10.7. The van der Waals surface area contributed by atoms with Crippen molar-refractivity contribution in [1.82, 2.24) is 10.3 Å². The van der Waals surface area contributed by atoms with Gasteiger partial charge in [0.2, 0.25) is 5.91 Å². The van der Waals surface area contributed by atoms with Crippen LogP contribution in [0, 0.1) is 0 Å². The molecule has 0 saturated carbocycles. The van der Waals surface area contributed by atoms with Crippen molar-refractivity contribution < 1.29 is 9.59 Å². The molecule has 3 heterocycles. The van der Waals surface area contributed by atoms with Crippen LogP contribution in [0.15, 0.2) is 29.4 Å². The maximum Gasteiger partial charge on any atom is 0.270 e. The number of carbonyl (C=O) groups excluding carboxylic acids is 2. The predicted molar refractivity (Wildman–Crippen MR) is 82.7 cm³/mol. The number of fused-ring (bicyclic) bond motifs is 3. The molecule has 1 aromatic rings. The molecule has 0 bridgehead atoms. The summed E-state index contributed by atoms with van der Waals surface area (Å²) in [5.74, 6) is -0.150. The van der Waals surface area contributed by atoms with Gasteiger partial charge in [-0.25, -0.2) is 5.43 Å². The van der Waals surface area contributed by atoms with E-state index in [1.807, 2.05) is 4.90 Å². The lowest BCUT2D eigenvalue weighted by Gasteiger charge is -2.39. The molecule has 6 nitrogen and oxygen atoms in total. The first-order valence-electron chi connectivity index (χ1n) is 7.71. The first kappa shape index (κ1) is 13.3. The Kier molecular flexibility index (Phi) is 3.10. The molecule has 1 fully saturated rings. The molecule has 6 heteroatoms. The van der Waals surface area contributed by atoms with Crippen molar-refractivity contribution in [2.24, 2.45) is 5.10 Å². The molecule has 1 atom stereocenters. The molecular formula is C16H18N4O2. The summed E-state index contributed by atoms with van der Waals surface area (Å²) < 4.78 is 0. The molecule has 0 aliphatic carbocycles. The minimum absolute atomic E-state index is 0.0318. The number of nitrogens with one attached hydrogen (secondary N) is 1. The highest BCUT2D eigenvalue weighted by Gasteiger charge is 2.36. The molecule has 3 aliphatic rings. The Morgan fingerprint density at radius 2 is 2.09 bits per heavy atom. The van der Waals surface area contributed by atoms with Crippen LogP contribution in [-0.4, -0.2) is 48.1 Å². The zero-order chi connectivity index (χ0) is 15.1. The SMILES string of the molecule is O=C1CCC(C(=O)N2CCN3c4ccccc4CC3C2)=NN1. The number of nitrogens with zero attached hydrogens (tertiary/aromatic N) is 3. The Balaban J connectivity index is 1.48. The summed E-state index contributed by atoms with van der Waals surface area (Å²) in [6.07, 6.45) is 1.78. The third-order valence-electron chi connectivity index (χ3n) is 4.68. The van der Waals surface area contributed by atoms with Crippen LogP contribution in [-0.2, 0) is 16.0 Å². The minimum atomic E-state index is -0.118. The molecule has 1 N–H and O–H groups in total. The summed E-state index contributed by atoms with van der Waals surface area (Å²) in [5.41, 5.74) is 5.55. The lowest BCUT2D eigenvalue weighted by molar-refractivity contribution is -0.125. The zero-order valence-electron chi connectivity index (χ0n) is 12.3. The number of carbonyl (C=O) groups is 2. The Labute approximate surface area is 128 Å². The van der Waals surface area contributed by atoms with E-state index in [9.17, 15) is 9.59 Å². The van der Waals surface area contributed by atoms with Gasteiger partial charge in [-0.1, -0.05) is 18.2 Å². The third kappa shape index (κ3) is 2.15. The van der Waals surface area contributed by atoms with Crippen molar-refractivity contribution in [1.29, 1.82) is 0 Å². The fraction of sp³-hybridized carbons (Fsp3) is 0.438. The number of hydrazone groups is 1. The topological polar surface area (TPSA) is 65.0 Å². The summed E-state index contributed by atoms with van der Waals surface area (Å²) in [6, 6.07) is 8.82. The normalized spacial score (nSPS) is 23.5. The van der Waals surface area contributed by atoms with E-state index in [1.54, 1.807) is 0 Å². The third-order valence-corrected chi connectivity index (χ3v) is 4.68. The van der Waals surface area contributed by atoms with Crippen molar-refractivity contribution in [2.75, 3.05) is 24.5 Å². The molecule has 1 aromatic carbocycles. The summed E-state index contributed by atoms with van der Waals surface area (Å²) in [6.45, 7) is 2.28. The molecule has 1 unspecified atom stereocenters. The fourth-order valence-corrected chi connectivity index (χ4v) is 3.56. The van der Waals surface area contributed by atoms with Gasteiger partial charge in [-0.05, 0) is 18.1 Å². The quantitative estimate of drug-likeness (QED) is 0.822. The van der Waals surface area contributed by atoms with Crippen molar-refractivity contribution >= 4 is 23.2 Å². The van der Waals surface area contributed by atoms with E-state index in [4.69, 9.17) is 0 Å². The van der Waals surface area contributed by atoms with Gasteiger partial charge in [0.25, 0.3) is 5.91 Å². The van der Waals surface area contributed by atoms with Crippen molar-refractivity contribution in [3.05, 3.63) is 29.8 Å². The zero-order valence-corrected chi connectivity index (χ0v) is 12.3. The molecule has 3 aliphatic heterocycles. The van der Waals surface area contributed by atoms with Gasteiger partial charge in [0.15, 0.2) is 0 Å². The van der Waals surface area contributed by atoms with Crippen LogP contribution in [0.5, 0.6) is 0 Å². The van der Waals surface area contributed by atoms with Gasteiger partial charge in [-0.3, -0.25) is 9.59 Å². The lowest BCUT2D eigenvalue weighted by atomic mass is 10.1. The second-order valence-corrected chi connectivity index (χ2v) is 6.02. The van der Waals surface area contributed by atoms with Gasteiger partial charge in [0.05, 0.1) is 6.04 Å². The van der Waals surface area contributed by atoms with Crippen LogP contribution in [0.1, 0.15) is 18.4 Å². The van der Waals surface area contributed by atoms with Crippen LogP contribution >= 0.6 is 0 Å². The molecular weight excluding hydrogens is 280 g/mol. The molecule has 4 rings (SSSR count). The molecule has 22 heavy (non-hydrogen) atoms. The van der Waals surface area contributed by atoms with Crippen LogP contribution in [0.25, 0.3) is 0 Å². The average Bonchev–Trinajstić information content (AvgIpc) is 2.92. The second kappa shape index (κ2) is 5.12. The van der Waals surface area contributed by atoms with E-state index in [0.29, 0.717) is 31.1 Å². The van der Waals surface area contributed by atoms with Crippen LogP contribution in [0.2, 0.25) is 0 Å². The van der Waals surface area contributed by atoms with Gasteiger partial charge in [-0.2, -0.15) is 5.10 Å². The standard InChI is InChI=1S/C16H18N4O2/c21-15-6-5-13(17-18-15)16(22)19-7-8-20-12(10-19)9-11-3-1-2-4-14(11)20/h1-4,12H,5-10H2,(H,18,21). The van der Waals surface area contributed by atoms with E-state index in [2.05, 4.69) is 39.7 Å². The van der Waals surface area contributed by atoms with Crippen LogP contribution in [0.3, 0.4) is 0 Å². The van der Waals surface area contributed by atoms with Gasteiger partial charge in [0.1, 0.15) is 5.71 Å². The smallest absolute Gasteiger partial charge is 0.270 e. The van der Waals surface area contributed by atoms with E-state index in [1.165, 1.54) is 11.3 Å². The van der Waals surface area contributed by atoms with E-state index in [-0.39, 0.29) is 11.8 Å². The number of benzene rings is 1. The van der Waals surface area contributed by atoms with Crippen molar-refractivity contribution in [3.8, 4) is 0 Å². The van der Waals surface area contributed by atoms with Crippen molar-refractivity contribution in [2.45, 2.75) is 25.3 Å². The lowest BCUT2D eigenvalue weighted by Crippen LogP contribution is -2.55. The summed E-state index contributed by atoms with van der Waals surface area (Å²) in [4.78, 5) is 28.0. The van der Waals surface area contributed by atoms with E-state index in [0.717, 1.165) is 19.5 Å². The highest BCUT2D eigenvalue weighted by molar-refractivity contribution is 6.39. The Morgan fingerprint density at radius 1 is 1.23 bits per heavy atom. The number of hydrogen-bond donors (Lipinski definition) is 1. The average molecular weight is 298 g/mol. The fourth-order valence-electron chi connectivity index (χ4n) is 3.56. The number of hydrogen-bond acceptors (Lipinski definition) is 4. The predicted octanol–water partition coefficient (Wildman–Crippen LogP) is 0.526. The van der Waals surface area contributed by atoms with Gasteiger partial charge in [0, 0.05) is 38.2 Å². The molecule has 0 spiro atoms. The van der Waals surface area contributed by atoms with Gasteiger partial charge >= 0.3 is 0 Å². The Bertz CT molecular complexity index is 670. The Morgan fingerprint density at radius 3 is 2.91 bits per heavy atom. The summed E-state index contributed by atoms with van der Waals surface area (Å²) in [7, 11) is 0. The molecule has 0 radical (unpaired) electrons. The highest BCUT2D eigenvalue weighted by atomic mass is 16.2. The molecule has 0 aromatic heterocycles. The largest absolute Gasteiger partial charge is 0.364 e. The number of amides is 2. The summed E-state index contributed by atoms with van der Waals surface area (Å²) >= 11 is 0. The number of rotatable bonds is 1. The van der Waals surface area contributed by atoms with Gasteiger partial charge < -0.3 is 9.80 Å². The highest BCUT2D eigenvalue weighted by Crippen LogP contribution is 2.33. The summed E-state index contributed by atoms with van der Waals surface area (Å²) in [5, 5.41) is 3.92. The number of anilines is 1. The molecule has 1 saturated heterocycles. The first-order valence-corrected chi connectivity index (χ1v) is 7.71. The maximum atomic E-state index is 12.5. The minimum Gasteiger partial charge on any atom is -0.364 e. The van der Waals surface area contributed by atoms with Crippen molar-refractivity contribution in [3.63, 3.8) is 0 Å². The van der Waals surface area contributed by atoms with E-state index >= 15 is 0 Å². The molecule has 114 valence electrons. The van der Waals surface area contributed by atoms with Crippen LogP contribution < -0.4 is 10.3 Å². The van der Waals surface area contributed by atoms with Gasteiger partial charge in [-0.15, -0.1) is 0 Å². The Hall–Kier alpha value is -2.37. The van der Waals surface area contributed by atoms with E-state index < -0.39 is 0 Å². The second-order valence-electron chi connectivity index (χ2n) is 6.02. The molecule has 2 amide bonds.